The van der Waals surface area contributed by atoms with Gasteiger partial charge in [-0.05, 0) is 24.3 Å². The molecule has 0 saturated carbocycles. The molecular formula is C15H11ClF2N4O2. The number of hydrogen-bond acceptors (Lipinski definition) is 4. The highest BCUT2D eigenvalue weighted by atomic mass is 35.5. The van der Waals surface area contributed by atoms with Crippen LogP contribution in [0.15, 0.2) is 35.3 Å². The Morgan fingerprint density at radius 2 is 2.12 bits per heavy atom. The number of amidine groups is 1. The predicted octanol–water partition coefficient (Wildman–Crippen LogP) is 3.04. The molecule has 0 amide bonds. The van der Waals surface area contributed by atoms with E-state index in [4.69, 9.17) is 16.7 Å². The summed E-state index contributed by atoms with van der Waals surface area (Å²) < 4.78 is 27.7. The molecule has 0 atom stereocenters. The molecule has 4 N–H and O–H groups in total. The van der Waals surface area contributed by atoms with E-state index in [1.807, 2.05) is 5.48 Å². The monoisotopic (exact) mass is 352 g/mol. The molecule has 0 aliphatic rings. The lowest BCUT2D eigenvalue weighted by Crippen LogP contribution is -2.21. The van der Waals surface area contributed by atoms with Crippen LogP contribution in [0.4, 0.5) is 14.5 Å². The highest BCUT2D eigenvalue weighted by Crippen LogP contribution is 2.25. The number of nitrogens with zero attached hydrogens (tertiary/aromatic N) is 2. The maximum Gasteiger partial charge on any atom is 0.186 e. The van der Waals surface area contributed by atoms with Gasteiger partial charge < -0.3 is 10.1 Å². The standard InChI is InChI=1S/C15H11ClF2N4O2/c16-7-2-1-3-8(4-7)19-15(22-24)9-5-10(17)12(18)14-13(9)20-11(6-23)21-14/h1-5,23-24H,6H2,(H,19,22)(H,20,21). The van der Waals surface area contributed by atoms with Crippen LogP contribution in [0.1, 0.15) is 11.4 Å². The molecular weight excluding hydrogens is 342 g/mol. The van der Waals surface area contributed by atoms with Crippen molar-refractivity contribution in [1.29, 1.82) is 0 Å². The van der Waals surface area contributed by atoms with Crippen LogP contribution in [0.2, 0.25) is 5.02 Å². The molecule has 2 aromatic carbocycles. The summed E-state index contributed by atoms with van der Waals surface area (Å²) in [5.74, 6) is -2.42. The third-order valence-electron chi connectivity index (χ3n) is 3.27. The Bertz CT molecular complexity index is 943. The number of aliphatic imine (C=N–C) groups is 1. The van der Waals surface area contributed by atoms with Crippen LogP contribution in [-0.2, 0) is 6.61 Å². The Kier molecular flexibility index (Phi) is 4.43. The summed E-state index contributed by atoms with van der Waals surface area (Å²) in [5.41, 5.74) is 2.07. The van der Waals surface area contributed by atoms with Crippen molar-refractivity contribution in [2.24, 2.45) is 4.99 Å². The van der Waals surface area contributed by atoms with E-state index < -0.39 is 18.2 Å². The lowest BCUT2D eigenvalue weighted by Gasteiger charge is -2.07. The van der Waals surface area contributed by atoms with E-state index >= 15 is 0 Å². The molecule has 9 heteroatoms. The number of aliphatic hydroxyl groups is 1. The van der Waals surface area contributed by atoms with Crippen molar-refractivity contribution in [3.8, 4) is 0 Å². The first-order valence-corrected chi connectivity index (χ1v) is 7.13. The van der Waals surface area contributed by atoms with Gasteiger partial charge in [-0.25, -0.2) is 18.8 Å². The first kappa shape index (κ1) is 16.3. The molecule has 0 aliphatic carbocycles. The molecule has 1 aromatic heterocycles. The van der Waals surface area contributed by atoms with Gasteiger partial charge >= 0.3 is 0 Å². The lowest BCUT2D eigenvalue weighted by atomic mass is 10.1. The summed E-state index contributed by atoms with van der Waals surface area (Å²) in [5, 5.41) is 18.9. The molecule has 3 aromatic rings. The topological polar surface area (TPSA) is 93.5 Å². The van der Waals surface area contributed by atoms with Crippen LogP contribution < -0.4 is 5.48 Å². The molecule has 0 spiro atoms. The largest absolute Gasteiger partial charge is 0.388 e. The van der Waals surface area contributed by atoms with Gasteiger partial charge in [-0.1, -0.05) is 17.7 Å². The molecule has 124 valence electrons. The number of nitrogens with one attached hydrogen (secondary N) is 2. The summed E-state index contributed by atoms with van der Waals surface area (Å²) >= 11 is 5.87. The zero-order chi connectivity index (χ0) is 17.3. The third kappa shape index (κ3) is 2.94. The number of imidazole rings is 1. The molecule has 0 saturated heterocycles. The van der Waals surface area contributed by atoms with Gasteiger partial charge in [-0.2, -0.15) is 0 Å². The second-order valence-electron chi connectivity index (χ2n) is 4.84. The zero-order valence-corrected chi connectivity index (χ0v) is 12.8. The third-order valence-corrected chi connectivity index (χ3v) is 3.51. The van der Waals surface area contributed by atoms with Gasteiger partial charge in [0.15, 0.2) is 17.5 Å². The molecule has 1 heterocycles. The van der Waals surface area contributed by atoms with E-state index in [1.54, 1.807) is 18.2 Å². The highest BCUT2D eigenvalue weighted by molar-refractivity contribution is 6.30. The SMILES string of the molecule is OCc1nc2c(F)c(F)cc(C(=Nc3cccc(Cl)c3)NO)c2[nH]1. The average Bonchev–Trinajstić information content (AvgIpc) is 3.01. The van der Waals surface area contributed by atoms with Crippen LogP contribution in [0.5, 0.6) is 0 Å². The zero-order valence-electron chi connectivity index (χ0n) is 12.0. The van der Waals surface area contributed by atoms with Crippen LogP contribution in [-0.4, -0.2) is 26.1 Å². The number of halogens is 3. The molecule has 0 radical (unpaired) electrons. The molecule has 6 nitrogen and oxygen atoms in total. The van der Waals surface area contributed by atoms with E-state index in [9.17, 15) is 14.0 Å². The van der Waals surface area contributed by atoms with Gasteiger partial charge in [0.05, 0.1) is 11.2 Å². The van der Waals surface area contributed by atoms with Gasteiger partial charge in [0.25, 0.3) is 0 Å². The van der Waals surface area contributed by atoms with Crippen molar-refractivity contribution < 1.29 is 19.1 Å². The second kappa shape index (κ2) is 6.52. The van der Waals surface area contributed by atoms with E-state index in [0.29, 0.717) is 10.7 Å². The summed E-state index contributed by atoms with van der Waals surface area (Å²) in [6, 6.07) is 7.31. The first-order chi connectivity index (χ1) is 11.5. The van der Waals surface area contributed by atoms with Crippen LogP contribution in [0.3, 0.4) is 0 Å². The fourth-order valence-corrected chi connectivity index (χ4v) is 2.42. The van der Waals surface area contributed by atoms with Gasteiger partial charge in [0.2, 0.25) is 0 Å². The van der Waals surface area contributed by atoms with E-state index in [-0.39, 0.29) is 28.3 Å². The van der Waals surface area contributed by atoms with Crippen LogP contribution >= 0.6 is 11.6 Å². The van der Waals surface area contributed by atoms with E-state index in [2.05, 4.69) is 15.0 Å². The van der Waals surface area contributed by atoms with Crippen molar-refractivity contribution >= 4 is 34.2 Å². The molecule has 3 rings (SSSR count). The van der Waals surface area contributed by atoms with Crippen LogP contribution in [0, 0.1) is 11.6 Å². The maximum absolute atomic E-state index is 13.9. The lowest BCUT2D eigenvalue weighted by molar-refractivity contribution is 0.235. The number of hydrogen-bond donors (Lipinski definition) is 4. The number of rotatable bonds is 3. The van der Waals surface area contributed by atoms with Gasteiger partial charge in [-0.3, -0.25) is 10.7 Å². The molecule has 0 bridgehead atoms. The number of aliphatic hydroxyl groups excluding tert-OH is 1. The van der Waals surface area contributed by atoms with Crippen molar-refractivity contribution in [1.82, 2.24) is 15.4 Å². The Labute approximate surface area is 139 Å². The number of fused-ring (bicyclic) bond motifs is 1. The Hall–Kier alpha value is -2.55. The fraction of sp³-hybridized carbons (Fsp3) is 0.0667. The molecule has 0 unspecified atom stereocenters. The summed E-state index contributed by atoms with van der Waals surface area (Å²) in [6.45, 7) is -0.484. The van der Waals surface area contributed by atoms with Gasteiger partial charge in [-0.15, -0.1) is 0 Å². The molecule has 0 fully saturated rings. The number of benzene rings is 2. The predicted molar refractivity (Wildman–Crippen MR) is 84.5 cm³/mol. The van der Waals surface area contributed by atoms with Crippen molar-refractivity contribution in [2.45, 2.75) is 6.61 Å². The minimum Gasteiger partial charge on any atom is -0.388 e. The first-order valence-electron chi connectivity index (χ1n) is 6.75. The van der Waals surface area contributed by atoms with Gasteiger partial charge in [0, 0.05) is 10.6 Å². The Balaban J connectivity index is 2.22. The summed E-state index contributed by atoms with van der Waals surface area (Å²) in [4.78, 5) is 10.6. The fourth-order valence-electron chi connectivity index (χ4n) is 2.23. The average molecular weight is 353 g/mol. The van der Waals surface area contributed by atoms with Gasteiger partial charge in [0.1, 0.15) is 17.9 Å². The van der Waals surface area contributed by atoms with E-state index in [0.717, 1.165) is 6.07 Å². The van der Waals surface area contributed by atoms with E-state index in [1.165, 1.54) is 6.07 Å². The minimum absolute atomic E-state index is 0.0403. The number of H-pyrrole nitrogens is 1. The molecule has 24 heavy (non-hydrogen) atoms. The number of aromatic nitrogens is 2. The normalized spacial score (nSPS) is 12.0. The Morgan fingerprint density at radius 1 is 1.33 bits per heavy atom. The highest BCUT2D eigenvalue weighted by Gasteiger charge is 2.19. The smallest absolute Gasteiger partial charge is 0.186 e. The number of hydroxylamine groups is 1. The van der Waals surface area contributed by atoms with Crippen molar-refractivity contribution in [3.05, 3.63) is 58.4 Å². The van der Waals surface area contributed by atoms with Crippen molar-refractivity contribution in [3.63, 3.8) is 0 Å². The Morgan fingerprint density at radius 3 is 2.79 bits per heavy atom. The second-order valence-corrected chi connectivity index (χ2v) is 5.27. The quantitative estimate of drug-likeness (QED) is 0.331. The van der Waals surface area contributed by atoms with Crippen LogP contribution in [0.25, 0.3) is 11.0 Å². The van der Waals surface area contributed by atoms with Crippen molar-refractivity contribution in [2.75, 3.05) is 0 Å². The maximum atomic E-state index is 13.9. The molecule has 0 aliphatic heterocycles. The number of aromatic amines is 1. The summed E-state index contributed by atoms with van der Waals surface area (Å²) in [7, 11) is 0. The minimum atomic E-state index is -1.16. The summed E-state index contributed by atoms with van der Waals surface area (Å²) in [6.07, 6.45) is 0.